The third-order valence-electron chi connectivity index (χ3n) is 4.67. The minimum atomic E-state index is -0.830. The van der Waals surface area contributed by atoms with E-state index in [-0.39, 0.29) is 12.3 Å². The van der Waals surface area contributed by atoms with E-state index < -0.39 is 5.97 Å². The van der Waals surface area contributed by atoms with Crippen LogP contribution in [0.3, 0.4) is 0 Å². The zero-order chi connectivity index (χ0) is 21.0. The predicted molar refractivity (Wildman–Crippen MR) is 107 cm³/mol. The van der Waals surface area contributed by atoms with Crippen molar-refractivity contribution in [1.82, 2.24) is 25.1 Å². The highest BCUT2D eigenvalue weighted by atomic mass is 16.4. The lowest BCUT2D eigenvalue weighted by Gasteiger charge is -2.08. The molecule has 0 saturated heterocycles. The molecule has 0 aliphatic heterocycles. The smallest absolute Gasteiger partial charge is 0.303 e. The second kappa shape index (κ2) is 8.64. The van der Waals surface area contributed by atoms with Gasteiger partial charge >= 0.3 is 5.97 Å². The fourth-order valence-corrected chi connectivity index (χ4v) is 3.15. The minimum absolute atomic E-state index is 0.0678. The third-order valence-corrected chi connectivity index (χ3v) is 4.67. The molecule has 1 amide bonds. The van der Waals surface area contributed by atoms with Crippen molar-refractivity contribution in [2.24, 2.45) is 0 Å². The first kappa shape index (κ1) is 20.2. The summed E-state index contributed by atoms with van der Waals surface area (Å²) in [6, 6.07) is 8.89. The van der Waals surface area contributed by atoms with E-state index in [2.05, 4.69) is 20.4 Å². The molecule has 0 atom stereocenters. The van der Waals surface area contributed by atoms with Crippen molar-refractivity contribution >= 4 is 11.9 Å². The van der Waals surface area contributed by atoms with Crippen LogP contribution in [0.5, 0.6) is 0 Å². The molecule has 0 bridgehead atoms. The van der Waals surface area contributed by atoms with Gasteiger partial charge in [0.2, 0.25) is 0 Å². The lowest BCUT2D eigenvalue weighted by molar-refractivity contribution is -0.136. The summed E-state index contributed by atoms with van der Waals surface area (Å²) in [4.78, 5) is 31.6. The van der Waals surface area contributed by atoms with Gasteiger partial charge in [-0.1, -0.05) is 0 Å². The number of nitrogens with zero attached hydrogens (tertiary/aromatic N) is 4. The molecule has 0 fully saturated rings. The molecule has 0 unspecified atom stereocenters. The summed E-state index contributed by atoms with van der Waals surface area (Å²) in [5, 5.41) is 16.3. The molecule has 3 rings (SSSR count). The van der Waals surface area contributed by atoms with Gasteiger partial charge < -0.3 is 10.4 Å². The fraction of sp³-hybridized carbons (Fsp3) is 0.286. The monoisotopic (exact) mass is 393 g/mol. The van der Waals surface area contributed by atoms with Crippen LogP contribution < -0.4 is 5.32 Å². The second-order valence-corrected chi connectivity index (χ2v) is 6.78. The summed E-state index contributed by atoms with van der Waals surface area (Å²) in [7, 11) is 0. The van der Waals surface area contributed by atoms with Crippen molar-refractivity contribution in [3.63, 3.8) is 0 Å². The van der Waals surface area contributed by atoms with Crippen molar-refractivity contribution in [3.05, 3.63) is 70.6 Å². The van der Waals surface area contributed by atoms with E-state index in [0.29, 0.717) is 24.4 Å². The molecular formula is C21H23N5O3. The summed E-state index contributed by atoms with van der Waals surface area (Å²) >= 11 is 0. The van der Waals surface area contributed by atoms with Crippen LogP contribution in [0.15, 0.2) is 36.5 Å². The van der Waals surface area contributed by atoms with Crippen molar-refractivity contribution in [2.45, 2.75) is 40.2 Å². The van der Waals surface area contributed by atoms with E-state index in [1.807, 2.05) is 26.0 Å². The average Bonchev–Trinajstić information content (AvgIpc) is 2.98. The topological polar surface area (TPSA) is 110 Å². The molecule has 0 aliphatic rings. The third kappa shape index (κ3) is 4.84. The minimum Gasteiger partial charge on any atom is -0.481 e. The number of nitrogens with one attached hydrogen (secondary N) is 1. The SMILES string of the molecule is Cc1nccc(CNC(=O)c2ccc(-n3nc(C)c(CCC(=O)O)c3C)cc2)n1. The van der Waals surface area contributed by atoms with Gasteiger partial charge in [-0.2, -0.15) is 5.10 Å². The first-order valence-electron chi connectivity index (χ1n) is 9.29. The molecule has 0 saturated carbocycles. The van der Waals surface area contributed by atoms with Gasteiger partial charge in [-0.15, -0.1) is 0 Å². The highest BCUT2D eigenvalue weighted by Crippen LogP contribution is 2.20. The van der Waals surface area contributed by atoms with Crippen LogP contribution in [0.4, 0.5) is 0 Å². The van der Waals surface area contributed by atoms with Crippen molar-refractivity contribution in [3.8, 4) is 5.69 Å². The molecule has 0 radical (unpaired) electrons. The molecule has 3 aromatic rings. The van der Waals surface area contributed by atoms with Crippen molar-refractivity contribution < 1.29 is 14.7 Å². The second-order valence-electron chi connectivity index (χ2n) is 6.78. The first-order valence-corrected chi connectivity index (χ1v) is 9.29. The lowest BCUT2D eigenvalue weighted by Crippen LogP contribution is -2.23. The summed E-state index contributed by atoms with van der Waals surface area (Å²) in [6.07, 6.45) is 2.17. The number of hydrogen-bond donors (Lipinski definition) is 2. The van der Waals surface area contributed by atoms with E-state index in [0.717, 1.165) is 28.3 Å². The number of carbonyl (C=O) groups excluding carboxylic acids is 1. The van der Waals surface area contributed by atoms with E-state index in [9.17, 15) is 9.59 Å². The first-order chi connectivity index (χ1) is 13.8. The zero-order valence-corrected chi connectivity index (χ0v) is 16.6. The zero-order valence-electron chi connectivity index (χ0n) is 16.6. The number of hydrogen-bond acceptors (Lipinski definition) is 5. The number of benzene rings is 1. The number of carboxylic acids is 1. The van der Waals surface area contributed by atoms with Gasteiger partial charge in [0.25, 0.3) is 5.91 Å². The van der Waals surface area contributed by atoms with Gasteiger partial charge in [-0.05, 0) is 63.1 Å². The van der Waals surface area contributed by atoms with Crippen LogP contribution in [0, 0.1) is 20.8 Å². The van der Waals surface area contributed by atoms with Crippen molar-refractivity contribution in [1.29, 1.82) is 0 Å². The summed E-state index contributed by atoms with van der Waals surface area (Å²) < 4.78 is 1.78. The maximum atomic E-state index is 12.4. The highest BCUT2D eigenvalue weighted by Gasteiger charge is 2.14. The van der Waals surface area contributed by atoms with Crippen molar-refractivity contribution in [2.75, 3.05) is 0 Å². The number of rotatable bonds is 7. The van der Waals surface area contributed by atoms with Crippen LogP contribution in [-0.2, 0) is 17.8 Å². The molecule has 29 heavy (non-hydrogen) atoms. The highest BCUT2D eigenvalue weighted by molar-refractivity contribution is 5.94. The van der Waals surface area contributed by atoms with Crippen LogP contribution in [0.1, 0.15) is 45.2 Å². The van der Waals surface area contributed by atoms with Gasteiger partial charge in [0.05, 0.1) is 23.6 Å². The van der Waals surface area contributed by atoms with Gasteiger partial charge in [-0.25, -0.2) is 14.6 Å². The number of aliphatic carboxylic acids is 1. The molecule has 0 aliphatic carbocycles. The molecule has 8 heteroatoms. The van der Waals surface area contributed by atoms with E-state index >= 15 is 0 Å². The Balaban J connectivity index is 1.70. The molecule has 1 aromatic carbocycles. The Hall–Kier alpha value is -3.55. The van der Waals surface area contributed by atoms with Crippen LogP contribution in [-0.4, -0.2) is 36.7 Å². The van der Waals surface area contributed by atoms with Gasteiger partial charge in [0.1, 0.15) is 5.82 Å². The summed E-state index contributed by atoms with van der Waals surface area (Å²) in [5.41, 5.74) is 4.75. The quantitative estimate of drug-likeness (QED) is 0.638. The summed E-state index contributed by atoms with van der Waals surface area (Å²) in [5.74, 6) is -0.360. The largest absolute Gasteiger partial charge is 0.481 e. The Labute approximate surface area is 168 Å². The normalized spacial score (nSPS) is 10.7. The maximum absolute atomic E-state index is 12.4. The Kier molecular flexibility index (Phi) is 6.01. The molecule has 0 spiro atoms. The standard InChI is InChI=1S/C21H23N5O3/c1-13-19(8-9-20(27)28)14(2)26(25-13)18-6-4-16(5-7-18)21(29)23-12-17-10-11-22-15(3)24-17/h4-7,10-11H,8-9,12H2,1-3H3,(H,23,29)(H,27,28). The Bertz CT molecular complexity index is 1040. The van der Waals surface area contributed by atoms with E-state index in [1.165, 1.54) is 0 Å². The van der Waals surface area contributed by atoms with Gasteiger partial charge in [0.15, 0.2) is 0 Å². The number of aryl methyl sites for hydroxylation is 2. The molecule has 2 heterocycles. The molecule has 2 N–H and O–H groups in total. The Morgan fingerprint density at radius 1 is 1.10 bits per heavy atom. The number of amides is 1. The molecule has 8 nitrogen and oxygen atoms in total. The Morgan fingerprint density at radius 2 is 1.83 bits per heavy atom. The lowest BCUT2D eigenvalue weighted by atomic mass is 10.1. The number of carbonyl (C=O) groups is 2. The molecular weight excluding hydrogens is 370 g/mol. The Morgan fingerprint density at radius 3 is 2.48 bits per heavy atom. The van der Waals surface area contributed by atoms with Crippen LogP contribution in [0.25, 0.3) is 5.69 Å². The number of aromatic nitrogens is 4. The molecule has 2 aromatic heterocycles. The number of carboxylic acid groups (broad SMARTS) is 1. The van der Waals surface area contributed by atoms with Gasteiger partial charge in [0, 0.05) is 23.9 Å². The molecule has 150 valence electrons. The average molecular weight is 393 g/mol. The summed E-state index contributed by atoms with van der Waals surface area (Å²) in [6.45, 7) is 5.92. The van der Waals surface area contributed by atoms with Crippen LogP contribution in [0.2, 0.25) is 0 Å². The maximum Gasteiger partial charge on any atom is 0.303 e. The van der Waals surface area contributed by atoms with E-state index in [1.54, 1.807) is 36.0 Å². The van der Waals surface area contributed by atoms with Gasteiger partial charge in [-0.3, -0.25) is 9.59 Å². The van der Waals surface area contributed by atoms with E-state index in [4.69, 9.17) is 5.11 Å². The fourth-order valence-electron chi connectivity index (χ4n) is 3.15. The van der Waals surface area contributed by atoms with Crippen LogP contribution >= 0.6 is 0 Å². The predicted octanol–water partition coefficient (Wildman–Crippen LogP) is 2.53.